The SMILES string of the molecule is CNC(=O)c1cnc(NC(=O)C2CC2)c2[nH]c(-c3ncc(C(=O)N(C)C)cc3F)cc12. The Labute approximate surface area is 177 Å². The molecular formula is C21H21FN6O3. The number of hydrogen-bond acceptors (Lipinski definition) is 5. The van der Waals surface area contributed by atoms with Crippen molar-refractivity contribution in [2.24, 2.45) is 5.92 Å². The Morgan fingerprint density at radius 3 is 2.52 bits per heavy atom. The van der Waals surface area contributed by atoms with E-state index in [1.807, 2.05) is 0 Å². The Balaban J connectivity index is 1.80. The van der Waals surface area contributed by atoms with Gasteiger partial charge < -0.3 is 20.5 Å². The Kier molecular flexibility index (Phi) is 5.14. The molecule has 9 nitrogen and oxygen atoms in total. The van der Waals surface area contributed by atoms with Crippen LogP contribution in [0.4, 0.5) is 10.2 Å². The van der Waals surface area contributed by atoms with Gasteiger partial charge in [0.15, 0.2) is 11.6 Å². The predicted octanol–water partition coefficient (Wildman–Crippen LogP) is 2.17. The molecule has 10 heteroatoms. The lowest BCUT2D eigenvalue weighted by Crippen LogP contribution is -2.22. The monoisotopic (exact) mass is 424 g/mol. The van der Waals surface area contributed by atoms with Crippen molar-refractivity contribution in [2.75, 3.05) is 26.5 Å². The first kappa shape index (κ1) is 20.5. The van der Waals surface area contributed by atoms with E-state index in [9.17, 15) is 18.8 Å². The molecule has 4 rings (SSSR count). The molecule has 3 N–H and O–H groups in total. The first-order chi connectivity index (χ1) is 14.8. The first-order valence-corrected chi connectivity index (χ1v) is 9.72. The van der Waals surface area contributed by atoms with E-state index in [4.69, 9.17) is 0 Å². The van der Waals surface area contributed by atoms with Crippen molar-refractivity contribution in [1.82, 2.24) is 25.2 Å². The fraction of sp³-hybridized carbons (Fsp3) is 0.286. The smallest absolute Gasteiger partial charge is 0.255 e. The third kappa shape index (κ3) is 3.83. The number of nitrogens with zero attached hydrogens (tertiary/aromatic N) is 3. The van der Waals surface area contributed by atoms with Crippen molar-refractivity contribution >= 4 is 34.4 Å². The van der Waals surface area contributed by atoms with E-state index < -0.39 is 5.82 Å². The van der Waals surface area contributed by atoms with Crippen molar-refractivity contribution in [1.29, 1.82) is 0 Å². The third-order valence-corrected chi connectivity index (χ3v) is 5.08. The summed E-state index contributed by atoms with van der Waals surface area (Å²) in [7, 11) is 4.62. The van der Waals surface area contributed by atoms with Crippen LogP contribution in [0, 0.1) is 11.7 Å². The van der Waals surface area contributed by atoms with Gasteiger partial charge in [0.25, 0.3) is 11.8 Å². The number of fused-ring (bicyclic) bond motifs is 1. The van der Waals surface area contributed by atoms with Gasteiger partial charge in [-0.1, -0.05) is 0 Å². The summed E-state index contributed by atoms with van der Waals surface area (Å²) < 4.78 is 14.8. The molecule has 0 atom stereocenters. The number of anilines is 1. The molecule has 0 aromatic carbocycles. The Morgan fingerprint density at radius 2 is 1.90 bits per heavy atom. The van der Waals surface area contributed by atoms with Crippen LogP contribution in [-0.2, 0) is 4.79 Å². The molecular weight excluding hydrogens is 403 g/mol. The van der Waals surface area contributed by atoms with Crippen LogP contribution in [-0.4, -0.2) is 58.7 Å². The van der Waals surface area contributed by atoms with Gasteiger partial charge >= 0.3 is 0 Å². The molecule has 1 aliphatic rings. The highest BCUT2D eigenvalue weighted by Gasteiger charge is 2.30. The average molecular weight is 424 g/mol. The lowest BCUT2D eigenvalue weighted by Gasteiger charge is -2.10. The maximum absolute atomic E-state index is 14.8. The summed E-state index contributed by atoms with van der Waals surface area (Å²) in [6, 6.07) is 2.69. The predicted molar refractivity (Wildman–Crippen MR) is 112 cm³/mol. The van der Waals surface area contributed by atoms with Crippen LogP contribution in [0.3, 0.4) is 0 Å². The van der Waals surface area contributed by atoms with E-state index in [2.05, 4.69) is 25.6 Å². The Hall–Kier alpha value is -3.82. The third-order valence-electron chi connectivity index (χ3n) is 5.08. The quantitative estimate of drug-likeness (QED) is 0.580. The van der Waals surface area contributed by atoms with Crippen LogP contribution >= 0.6 is 0 Å². The molecule has 0 bridgehead atoms. The second-order valence-electron chi connectivity index (χ2n) is 7.59. The van der Waals surface area contributed by atoms with Crippen molar-refractivity contribution in [3.63, 3.8) is 0 Å². The summed E-state index contributed by atoms with van der Waals surface area (Å²) in [4.78, 5) is 49.3. The zero-order chi connectivity index (χ0) is 22.3. The number of nitrogens with one attached hydrogen (secondary N) is 3. The molecule has 0 aliphatic heterocycles. The number of carbonyl (C=O) groups excluding carboxylic acids is 3. The molecule has 0 radical (unpaired) electrons. The molecule has 0 unspecified atom stereocenters. The number of carbonyl (C=O) groups is 3. The maximum atomic E-state index is 14.8. The second-order valence-corrected chi connectivity index (χ2v) is 7.59. The van der Waals surface area contributed by atoms with Crippen LogP contribution in [0.2, 0.25) is 0 Å². The number of halogens is 1. The van der Waals surface area contributed by atoms with Gasteiger partial charge in [0.1, 0.15) is 5.69 Å². The fourth-order valence-electron chi connectivity index (χ4n) is 3.23. The highest BCUT2D eigenvalue weighted by molar-refractivity contribution is 6.11. The summed E-state index contributed by atoms with van der Waals surface area (Å²) in [6.45, 7) is 0. The first-order valence-electron chi connectivity index (χ1n) is 9.72. The van der Waals surface area contributed by atoms with Gasteiger partial charge in [0.2, 0.25) is 5.91 Å². The minimum absolute atomic E-state index is 0.0196. The molecule has 3 heterocycles. The van der Waals surface area contributed by atoms with Crippen molar-refractivity contribution in [2.45, 2.75) is 12.8 Å². The molecule has 1 fully saturated rings. The molecule has 3 amide bonds. The van der Waals surface area contributed by atoms with E-state index in [0.29, 0.717) is 10.9 Å². The van der Waals surface area contributed by atoms with E-state index in [0.717, 1.165) is 18.9 Å². The van der Waals surface area contributed by atoms with Crippen LogP contribution in [0.15, 0.2) is 24.5 Å². The largest absolute Gasteiger partial charge is 0.355 e. The summed E-state index contributed by atoms with van der Waals surface area (Å²) in [6.07, 6.45) is 4.31. The van der Waals surface area contributed by atoms with Gasteiger partial charge in [-0.05, 0) is 25.0 Å². The van der Waals surface area contributed by atoms with Crippen molar-refractivity contribution in [3.05, 3.63) is 41.5 Å². The van der Waals surface area contributed by atoms with Crippen LogP contribution < -0.4 is 10.6 Å². The van der Waals surface area contributed by atoms with Gasteiger partial charge in [0, 0.05) is 44.8 Å². The average Bonchev–Trinajstić information content (AvgIpc) is 3.51. The molecule has 0 spiro atoms. The van der Waals surface area contributed by atoms with E-state index in [-0.39, 0.29) is 52.0 Å². The van der Waals surface area contributed by atoms with Crippen LogP contribution in [0.25, 0.3) is 22.3 Å². The van der Waals surface area contributed by atoms with E-state index in [1.165, 1.54) is 24.3 Å². The number of hydrogen-bond donors (Lipinski definition) is 3. The minimum atomic E-state index is -0.697. The lowest BCUT2D eigenvalue weighted by atomic mass is 10.1. The van der Waals surface area contributed by atoms with Crippen LogP contribution in [0.1, 0.15) is 33.6 Å². The molecule has 0 saturated heterocycles. The Bertz CT molecular complexity index is 1220. The standard InChI is InChI=1S/C21H21FN6O3/c1-23-20(30)13-9-25-18(27-19(29)10-4-5-10)16-12(13)7-15(26-16)17-14(22)6-11(8-24-17)21(31)28(2)3/h6-10,26H,4-5H2,1-3H3,(H,23,30)(H,25,27,29). The zero-order valence-electron chi connectivity index (χ0n) is 17.2. The van der Waals surface area contributed by atoms with E-state index in [1.54, 1.807) is 20.2 Å². The normalized spacial score (nSPS) is 13.2. The molecule has 31 heavy (non-hydrogen) atoms. The second kappa shape index (κ2) is 7.78. The number of rotatable bonds is 5. The minimum Gasteiger partial charge on any atom is -0.355 e. The molecule has 1 aliphatic carbocycles. The fourth-order valence-corrected chi connectivity index (χ4v) is 3.23. The summed E-state index contributed by atoms with van der Waals surface area (Å²) in [5.74, 6) is -1.36. The number of aromatic amines is 1. The summed E-state index contributed by atoms with van der Waals surface area (Å²) >= 11 is 0. The van der Waals surface area contributed by atoms with Crippen molar-refractivity contribution in [3.8, 4) is 11.4 Å². The van der Waals surface area contributed by atoms with Gasteiger partial charge in [-0.25, -0.2) is 9.37 Å². The van der Waals surface area contributed by atoms with Crippen LogP contribution in [0.5, 0.6) is 0 Å². The summed E-state index contributed by atoms with van der Waals surface area (Å²) in [5.41, 5.74) is 1.04. The van der Waals surface area contributed by atoms with Gasteiger partial charge in [-0.15, -0.1) is 0 Å². The topological polar surface area (TPSA) is 120 Å². The highest BCUT2D eigenvalue weighted by atomic mass is 19.1. The van der Waals surface area contributed by atoms with Crippen molar-refractivity contribution < 1.29 is 18.8 Å². The van der Waals surface area contributed by atoms with Gasteiger partial charge in [0.05, 0.1) is 22.3 Å². The number of amides is 3. The molecule has 3 aromatic rings. The molecule has 160 valence electrons. The molecule has 3 aromatic heterocycles. The van der Waals surface area contributed by atoms with E-state index >= 15 is 0 Å². The zero-order valence-corrected chi connectivity index (χ0v) is 17.2. The number of pyridine rings is 2. The van der Waals surface area contributed by atoms with Gasteiger partial charge in [-0.3, -0.25) is 19.4 Å². The lowest BCUT2D eigenvalue weighted by molar-refractivity contribution is -0.117. The number of aromatic nitrogens is 3. The highest BCUT2D eigenvalue weighted by Crippen LogP contribution is 2.33. The summed E-state index contributed by atoms with van der Waals surface area (Å²) in [5, 5.41) is 5.77. The molecule has 1 saturated carbocycles. The number of H-pyrrole nitrogens is 1. The maximum Gasteiger partial charge on any atom is 0.255 e. The Morgan fingerprint density at radius 1 is 1.16 bits per heavy atom. The van der Waals surface area contributed by atoms with Gasteiger partial charge in [-0.2, -0.15) is 0 Å².